The maximum absolute atomic E-state index is 10.9. The van der Waals surface area contributed by atoms with Crippen molar-refractivity contribution in [3.63, 3.8) is 0 Å². The summed E-state index contributed by atoms with van der Waals surface area (Å²) < 4.78 is 0. The first-order valence-corrected chi connectivity index (χ1v) is 7.74. The van der Waals surface area contributed by atoms with Crippen molar-refractivity contribution in [1.29, 1.82) is 0 Å². The Hall–Kier alpha value is -1.46. The topological polar surface area (TPSA) is 58.4 Å². The molecule has 1 saturated carbocycles. The molecule has 0 aromatic heterocycles. The number of nitro benzene ring substituents is 1. The molecule has 1 heterocycles. The van der Waals surface area contributed by atoms with Gasteiger partial charge in [-0.3, -0.25) is 15.0 Å². The summed E-state index contributed by atoms with van der Waals surface area (Å²) in [5.41, 5.74) is 1.58. The fourth-order valence-corrected chi connectivity index (χ4v) is 3.25. The third kappa shape index (κ3) is 3.60. The molecule has 1 aromatic carbocycles. The second-order valence-corrected chi connectivity index (χ2v) is 6.80. The Kier molecular flexibility index (Phi) is 3.95. The molecule has 21 heavy (non-hydrogen) atoms. The van der Waals surface area contributed by atoms with E-state index in [0.717, 1.165) is 31.7 Å². The molecule has 0 amide bonds. The Bertz CT molecular complexity index is 522. The standard InChI is InChI=1S/C16H23N3O2/c1-16(7-8-17-11-16)12-18(14-5-6-14)10-13-3-2-4-15(9-13)19(20)21/h2-4,9,14,17H,5-8,10-12H2,1H3. The molecule has 1 aliphatic heterocycles. The molecule has 114 valence electrons. The van der Waals surface area contributed by atoms with Gasteiger partial charge in [-0.25, -0.2) is 0 Å². The molecule has 2 fully saturated rings. The fraction of sp³-hybridized carbons (Fsp3) is 0.625. The SMILES string of the molecule is CC1(CN(Cc2cccc([N+](=O)[O-])c2)C2CC2)CCNC1. The molecule has 5 heteroatoms. The lowest BCUT2D eigenvalue weighted by Gasteiger charge is -2.32. The molecule has 1 atom stereocenters. The number of rotatable bonds is 6. The molecule has 1 N–H and O–H groups in total. The molecular formula is C16H23N3O2. The van der Waals surface area contributed by atoms with E-state index in [2.05, 4.69) is 17.1 Å². The van der Waals surface area contributed by atoms with Gasteiger partial charge in [0.1, 0.15) is 0 Å². The average molecular weight is 289 g/mol. The lowest BCUT2D eigenvalue weighted by Crippen LogP contribution is -2.38. The van der Waals surface area contributed by atoms with Gasteiger partial charge >= 0.3 is 0 Å². The van der Waals surface area contributed by atoms with E-state index in [1.165, 1.54) is 19.3 Å². The van der Waals surface area contributed by atoms with Crippen LogP contribution in [0.1, 0.15) is 31.7 Å². The van der Waals surface area contributed by atoms with Crippen LogP contribution in [-0.2, 0) is 6.54 Å². The van der Waals surface area contributed by atoms with E-state index >= 15 is 0 Å². The lowest BCUT2D eigenvalue weighted by molar-refractivity contribution is -0.384. The molecule has 5 nitrogen and oxygen atoms in total. The highest BCUT2D eigenvalue weighted by atomic mass is 16.6. The highest BCUT2D eigenvalue weighted by Gasteiger charge is 2.36. The van der Waals surface area contributed by atoms with Crippen LogP contribution in [0.2, 0.25) is 0 Å². The third-order valence-electron chi connectivity index (χ3n) is 4.61. The Morgan fingerprint density at radius 1 is 1.48 bits per heavy atom. The number of nitrogens with one attached hydrogen (secondary N) is 1. The summed E-state index contributed by atoms with van der Waals surface area (Å²) in [6, 6.07) is 7.73. The molecular weight excluding hydrogens is 266 g/mol. The van der Waals surface area contributed by atoms with Gasteiger partial charge in [-0.2, -0.15) is 0 Å². The largest absolute Gasteiger partial charge is 0.316 e. The number of nitro groups is 1. The van der Waals surface area contributed by atoms with Crippen LogP contribution in [0.25, 0.3) is 0 Å². The minimum absolute atomic E-state index is 0.192. The molecule has 1 unspecified atom stereocenters. The van der Waals surface area contributed by atoms with E-state index in [-0.39, 0.29) is 10.6 Å². The number of hydrogen-bond donors (Lipinski definition) is 1. The highest BCUT2D eigenvalue weighted by molar-refractivity contribution is 5.34. The summed E-state index contributed by atoms with van der Waals surface area (Å²) in [6.45, 7) is 6.42. The zero-order valence-corrected chi connectivity index (χ0v) is 12.5. The summed E-state index contributed by atoms with van der Waals surface area (Å²) in [5, 5.41) is 14.3. The van der Waals surface area contributed by atoms with Crippen LogP contribution in [-0.4, -0.2) is 35.5 Å². The summed E-state index contributed by atoms with van der Waals surface area (Å²) >= 11 is 0. The normalized spacial score (nSPS) is 25.4. The van der Waals surface area contributed by atoms with Crippen LogP contribution in [0.15, 0.2) is 24.3 Å². The average Bonchev–Trinajstić information content (AvgIpc) is 3.22. The van der Waals surface area contributed by atoms with Gasteiger partial charge in [-0.15, -0.1) is 0 Å². The van der Waals surface area contributed by atoms with E-state index < -0.39 is 0 Å². The second kappa shape index (κ2) is 5.73. The van der Waals surface area contributed by atoms with E-state index in [1.54, 1.807) is 18.2 Å². The van der Waals surface area contributed by atoms with Gasteiger partial charge in [-0.1, -0.05) is 19.1 Å². The fourth-order valence-electron chi connectivity index (χ4n) is 3.25. The van der Waals surface area contributed by atoms with Crippen LogP contribution in [0.3, 0.4) is 0 Å². The summed E-state index contributed by atoms with van der Waals surface area (Å²) in [7, 11) is 0. The number of nitrogens with zero attached hydrogens (tertiary/aromatic N) is 2. The zero-order chi connectivity index (χ0) is 14.9. The second-order valence-electron chi connectivity index (χ2n) is 6.80. The van der Waals surface area contributed by atoms with Crippen LogP contribution < -0.4 is 5.32 Å². The minimum Gasteiger partial charge on any atom is -0.316 e. The van der Waals surface area contributed by atoms with Gasteiger partial charge in [0.15, 0.2) is 0 Å². The molecule has 1 saturated heterocycles. The molecule has 1 aliphatic carbocycles. The molecule has 3 rings (SSSR count). The minimum atomic E-state index is -0.312. The van der Waals surface area contributed by atoms with Crippen molar-refractivity contribution in [2.24, 2.45) is 5.41 Å². The third-order valence-corrected chi connectivity index (χ3v) is 4.61. The Morgan fingerprint density at radius 2 is 2.29 bits per heavy atom. The quantitative estimate of drug-likeness (QED) is 0.646. The smallest absolute Gasteiger partial charge is 0.269 e. The van der Waals surface area contributed by atoms with Crippen LogP contribution >= 0.6 is 0 Å². The van der Waals surface area contributed by atoms with E-state index in [9.17, 15) is 10.1 Å². The predicted molar refractivity (Wildman–Crippen MR) is 82.1 cm³/mol. The van der Waals surface area contributed by atoms with Crippen molar-refractivity contribution in [1.82, 2.24) is 10.2 Å². The van der Waals surface area contributed by atoms with Crippen molar-refractivity contribution in [2.45, 2.75) is 38.8 Å². The number of non-ortho nitro benzene ring substituents is 1. The van der Waals surface area contributed by atoms with Gasteiger partial charge in [0.2, 0.25) is 0 Å². The van der Waals surface area contributed by atoms with Crippen molar-refractivity contribution in [3.05, 3.63) is 39.9 Å². The van der Waals surface area contributed by atoms with E-state index in [0.29, 0.717) is 11.5 Å². The first-order valence-electron chi connectivity index (χ1n) is 7.74. The molecule has 0 spiro atoms. The lowest BCUT2D eigenvalue weighted by atomic mass is 9.89. The van der Waals surface area contributed by atoms with Gasteiger partial charge < -0.3 is 5.32 Å². The number of hydrogen-bond acceptors (Lipinski definition) is 4. The summed E-state index contributed by atoms with van der Waals surface area (Å²) in [5.74, 6) is 0. The Balaban J connectivity index is 1.70. The molecule has 0 radical (unpaired) electrons. The zero-order valence-electron chi connectivity index (χ0n) is 12.5. The van der Waals surface area contributed by atoms with Crippen LogP contribution in [0.4, 0.5) is 5.69 Å². The molecule has 2 aliphatic rings. The molecule has 0 bridgehead atoms. The van der Waals surface area contributed by atoms with Gasteiger partial charge in [0.05, 0.1) is 4.92 Å². The highest BCUT2D eigenvalue weighted by Crippen LogP contribution is 2.34. The first-order chi connectivity index (χ1) is 10.1. The van der Waals surface area contributed by atoms with Gasteiger partial charge in [0, 0.05) is 37.8 Å². The first kappa shape index (κ1) is 14.5. The van der Waals surface area contributed by atoms with Crippen molar-refractivity contribution in [3.8, 4) is 0 Å². The van der Waals surface area contributed by atoms with Gasteiger partial charge in [-0.05, 0) is 36.8 Å². The van der Waals surface area contributed by atoms with Crippen molar-refractivity contribution < 1.29 is 4.92 Å². The number of benzene rings is 1. The van der Waals surface area contributed by atoms with E-state index in [1.807, 2.05) is 6.07 Å². The summed E-state index contributed by atoms with van der Waals surface area (Å²) in [4.78, 5) is 13.1. The van der Waals surface area contributed by atoms with Crippen LogP contribution in [0.5, 0.6) is 0 Å². The van der Waals surface area contributed by atoms with Crippen LogP contribution in [0, 0.1) is 15.5 Å². The Morgan fingerprint density at radius 3 is 2.90 bits per heavy atom. The van der Waals surface area contributed by atoms with Crippen molar-refractivity contribution >= 4 is 5.69 Å². The van der Waals surface area contributed by atoms with E-state index in [4.69, 9.17) is 0 Å². The molecule has 1 aromatic rings. The Labute approximate surface area is 125 Å². The maximum atomic E-state index is 10.9. The van der Waals surface area contributed by atoms with Crippen molar-refractivity contribution in [2.75, 3.05) is 19.6 Å². The van der Waals surface area contributed by atoms with Gasteiger partial charge in [0.25, 0.3) is 5.69 Å². The maximum Gasteiger partial charge on any atom is 0.269 e. The predicted octanol–water partition coefficient (Wildman–Crippen LogP) is 2.56. The summed E-state index contributed by atoms with van der Waals surface area (Å²) in [6.07, 6.45) is 3.74. The monoisotopic (exact) mass is 289 g/mol.